The number of pyridine rings is 1. The lowest BCUT2D eigenvalue weighted by Crippen LogP contribution is -2.41. The lowest BCUT2D eigenvalue weighted by atomic mass is 9.76. The van der Waals surface area contributed by atoms with E-state index >= 15 is 0 Å². The van der Waals surface area contributed by atoms with Gasteiger partial charge in [0, 0.05) is 25.0 Å². The topological polar surface area (TPSA) is 45.1 Å². The Hall–Kier alpha value is -1.19. The third kappa shape index (κ3) is 3.96. The van der Waals surface area contributed by atoms with Crippen LogP contribution in [0.3, 0.4) is 0 Å². The zero-order chi connectivity index (χ0) is 15.2. The van der Waals surface area contributed by atoms with Crippen LogP contribution < -0.4 is 5.32 Å². The molecule has 0 bridgehead atoms. The molecule has 0 spiro atoms. The molecule has 2 aliphatic rings. The number of hydrogen-bond donors (Lipinski definition) is 2. The van der Waals surface area contributed by atoms with E-state index in [1.54, 1.807) is 18.0 Å². The van der Waals surface area contributed by atoms with E-state index < -0.39 is 6.10 Å². The fourth-order valence-electron chi connectivity index (χ4n) is 3.99. The molecule has 120 valence electrons. The van der Waals surface area contributed by atoms with Gasteiger partial charge in [0.2, 0.25) is 0 Å². The first kappa shape index (κ1) is 15.7. The van der Waals surface area contributed by atoms with Crippen molar-refractivity contribution in [1.29, 1.82) is 0 Å². The van der Waals surface area contributed by atoms with Gasteiger partial charge in [0.15, 0.2) is 0 Å². The van der Waals surface area contributed by atoms with Crippen LogP contribution in [0.1, 0.15) is 63.0 Å². The van der Waals surface area contributed by atoms with Gasteiger partial charge in [0.1, 0.15) is 0 Å². The van der Waals surface area contributed by atoms with E-state index in [1.165, 1.54) is 51.4 Å². The maximum absolute atomic E-state index is 10.3. The first-order valence-corrected chi connectivity index (χ1v) is 8.85. The molecule has 0 aliphatic heterocycles. The Morgan fingerprint density at radius 2 is 1.95 bits per heavy atom. The molecule has 2 N–H and O–H groups in total. The van der Waals surface area contributed by atoms with Crippen LogP contribution in [0.15, 0.2) is 36.2 Å². The van der Waals surface area contributed by atoms with Crippen LogP contribution in [0, 0.1) is 5.92 Å². The molecule has 0 amide bonds. The molecule has 0 saturated heterocycles. The van der Waals surface area contributed by atoms with Gasteiger partial charge >= 0.3 is 0 Å². The second-order valence-corrected chi connectivity index (χ2v) is 6.73. The fraction of sp³-hybridized carbons (Fsp3) is 0.632. The van der Waals surface area contributed by atoms with E-state index in [9.17, 15) is 5.11 Å². The van der Waals surface area contributed by atoms with Crippen LogP contribution >= 0.6 is 0 Å². The summed E-state index contributed by atoms with van der Waals surface area (Å²) in [5, 5.41) is 14.0. The highest BCUT2D eigenvalue weighted by Gasteiger charge is 2.28. The molecular weight excluding hydrogens is 272 g/mol. The molecular formula is C19H28N2O. The molecule has 1 fully saturated rings. The summed E-state index contributed by atoms with van der Waals surface area (Å²) in [7, 11) is 0. The lowest BCUT2D eigenvalue weighted by Gasteiger charge is -2.36. The van der Waals surface area contributed by atoms with E-state index in [0.717, 1.165) is 5.56 Å². The van der Waals surface area contributed by atoms with Crippen LogP contribution in [-0.4, -0.2) is 22.7 Å². The van der Waals surface area contributed by atoms with Crippen LogP contribution in [0.5, 0.6) is 0 Å². The average molecular weight is 300 g/mol. The zero-order valence-electron chi connectivity index (χ0n) is 13.4. The minimum absolute atomic E-state index is 0.439. The zero-order valence-corrected chi connectivity index (χ0v) is 13.4. The fourth-order valence-corrected chi connectivity index (χ4v) is 3.99. The summed E-state index contributed by atoms with van der Waals surface area (Å²) in [5.74, 6) is 0.693. The van der Waals surface area contributed by atoms with Crippen molar-refractivity contribution in [2.45, 2.75) is 63.5 Å². The molecule has 3 heteroatoms. The van der Waals surface area contributed by atoms with Gasteiger partial charge in [-0.25, -0.2) is 0 Å². The van der Waals surface area contributed by atoms with E-state index in [2.05, 4.69) is 16.4 Å². The van der Waals surface area contributed by atoms with Crippen molar-refractivity contribution in [2.75, 3.05) is 6.54 Å². The second kappa shape index (κ2) is 7.89. The first-order chi connectivity index (χ1) is 10.8. The highest BCUT2D eigenvalue weighted by atomic mass is 16.3. The number of hydrogen-bond acceptors (Lipinski definition) is 3. The van der Waals surface area contributed by atoms with Gasteiger partial charge in [-0.15, -0.1) is 0 Å². The second-order valence-electron chi connectivity index (χ2n) is 6.73. The van der Waals surface area contributed by atoms with Crippen LogP contribution in [0.2, 0.25) is 0 Å². The van der Waals surface area contributed by atoms with Crippen molar-refractivity contribution in [1.82, 2.24) is 10.3 Å². The van der Waals surface area contributed by atoms with Crippen molar-refractivity contribution in [3.05, 3.63) is 41.7 Å². The highest BCUT2D eigenvalue weighted by Crippen LogP contribution is 2.35. The summed E-state index contributed by atoms with van der Waals surface area (Å²) >= 11 is 0. The minimum atomic E-state index is -0.439. The van der Waals surface area contributed by atoms with Crippen molar-refractivity contribution < 1.29 is 5.11 Å². The van der Waals surface area contributed by atoms with Gasteiger partial charge in [-0.05, 0) is 62.1 Å². The molecule has 1 aromatic heterocycles. The summed E-state index contributed by atoms with van der Waals surface area (Å²) < 4.78 is 0. The number of nitrogens with zero attached hydrogens (tertiary/aromatic N) is 1. The number of nitrogens with one attached hydrogen (secondary N) is 1. The molecule has 2 aliphatic carbocycles. The minimum Gasteiger partial charge on any atom is -0.387 e. The van der Waals surface area contributed by atoms with Crippen molar-refractivity contribution in [3.63, 3.8) is 0 Å². The molecule has 3 rings (SSSR count). The number of aliphatic hydroxyl groups is 1. The standard InChI is InChI=1S/C19H28N2O/c22-19(16-10-12-20-13-11-16)14-21-18-9-5-4-8-17(18)15-6-2-1-3-7-15/h6,10-13,17-19,21-22H,1-5,7-9,14H2. The molecule has 1 aromatic rings. The van der Waals surface area contributed by atoms with E-state index in [4.69, 9.17) is 0 Å². The molecule has 1 heterocycles. The van der Waals surface area contributed by atoms with Gasteiger partial charge in [0.25, 0.3) is 0 Å². The maximum atomic E-state index is 10.3. The summed E-state index contributed by atoms with van der Waals surface area (Å²) in [6.45, 7) is 0.637. The molecule has 1 saturated carbocycles. The maximum Gasteiger partial charge on any atom is 0.0915 e. The van der Waals surface area contributed by atoms with Crippen LogP contribution in [0.4, 0.5) is 0 Å². The number of aliphatic hydroxyl groups excluding tert-OH is 1. The quantitative estimate of drug-likeness (QED) is 0.814. The van der Waals surface area contributed by atoms with Gasteiger partial charge in [-0.2, -0.15) is 0 Å². The first-order valence-electron chi connectivity index (χ1n) is 8.85. The van der Waals surface area contributed by atoms with Gasteiger partial charge < -0.3 is 10.4 Å². The van der Waals surface area contributed by atoms with E-state index in [-0.39, 0.29) is 0 Å². The van der Waals surface area contributed by atoms with Crippen LogP contribution in [-0.2, 0) is 0 Å². The normalized spacial score (nSPS) is 27.2. The Balaban J connectivity index is 1.58. The number of allylic oxidation sites excluding steroid dienone is 1. The van der Waals surface area contributed by atoms with E-state index in [1.807, 2.05) is 12.1 Å². The Labute approximate surface area is 133 Å². The third-order valence-corrected chi connectivity index (χ3v) is 5.23. The monoisotopic (exact) mass is 300 g/mol. The predicted molar refractivity (Wildman–Crippen MR) is 89.5 cm³/mol. The molecule has 0 radical (unpaired) electrons. The molecule has 3 nitrogen and oxygen atoms in total. The number of aromatic nitrogens is 1. The van der Waals surface area contributed by atoms with Crippen molar-refractivity contribution >= 4 is 0 Å². The molecule has 22 heavy (non-hydrogen) atoms. The van der Waals surface area contributed by atoms with Gasteiger partial charge in [0.05, 0.1) is 6.10 Å². The summed E-state index contributed by atoms with van der Waals surface area (Å²) in [6.07, 6.45) is 16.0. The van der Waals surface area contributed by atoms with Crippen molar-refractivity contribution in [3.8, 4) is 0 Å². The smallest absolute Gasteiger partial charge is 0.0915 e. The molecule has 3 unspecified atom stereocenters. The summed E-state index contributed by atoms with van der Waals surface area (Å²) in [5.41, 5.74) is 2.63. The molecule has 0 aromatic carbocycles. The Morgan fingerprint density at radius 3 is 2.73 bits per heavy atom. The highest BCUT2D eigenvalue weighted by molar-refractivity contribution is 5.15. The Bertz CT molecular complexity index is 485. The average Bonchev–Trinajstić information content (AvgIpc) is 2.61. The number of rotatable bonds is 5. The van der Waals surface area contributed by atoms with Gasteiger partial charge in [-0.1, -0.05) is 24.5 Å². The van der Waals surface area contributed by atoms with Crippen LogP contribution in [0.25, 0.3) is 0 Å². The van der Waals surface area contributed by atoms with E-state index in [0.29, 0.717) is 18.5 Å². The predicted octanol–water partition coefficient (Wildman–Crippen LogP) is 3.76. The van der Waals surface area contributed by atoms with Gasteiger partial charge in [-0.3, -0.25) is 4.98 Å². The van der Waals surface area contributed by atoms with Crippen molar-refractivity contribution in [2.24, 2.45) is 5.92 Å². The SMILES string of the molecule is OC(CNC1CCCCC1C1=CCCCC1)c1ccncc1. The Kier molecular flexibility index (Phi) is 5.63. The largest absolute Gasteiger partial charge is 0.387 e. The summed E-state index contributed by atoms with van der Waals surface area (Å²) in [6, 6.07) is 4.33. The third-order valence-electron chi connectivity index (χ3n) is 5.23. The summed E-state index contributed by atoms with van der Waals surface area (Å²) in [4.78, 5) is 4.01. The molecule has 3 atom stereocenters. The Morgan fingerprint density at radius 1 is 1.14 bits per heavy atom. The lowest BCUT2D eigenvalue weighted by molar-refractivity contribution is 0.158.